The first-order valence-corrected chi connectivity index (χ1v) is 8.24. The zero-order valence-corrected chi connectivity index (χ0v) is 14.5. The molecular weight excluding hydrogens is 304 g/mol. The van der Waals surface area contributed by atoms with Crippen molar-refractivity contribution in [3.8, 4) is 17.0 Å². The zero-order valence-electron chi connectivity index (χ0n) is 14.5. The molecule has 0 bridgehead atoms. The number of likely N-dealkylation sites (N-methyl/N-ethyl adjacent to an activating group) is 1. The van der Waals surface area contributed by atoms with Crippen molar-refractivity contribution in [1.82, 2.24) is 20.0 Å². The van der Waals surface area contributed by atoms with Crippen molar-refractivity contribution < 1.29 is 9.53 Å². The largest absolute Gasteiger partial charge is 0.497 e. The average Bonchev–Trinajstić information content (AvgIpc) is 2.97. The van der Waals surface area contributed by atoms with E-state index in [1.54, 1.807) is 11.8 Å². The minimum Gasteiger partial charge on any atom is -0.497 e. The van der Waals surface area contributed by atoms with E-state index in [4.69, 9.17) is 4.74 Å². The van der Waals surface area contributed by atoms with E-state index in [0.717, 1.165) is 42.9 Å². The molecule has 1 atom stereocenters. The number of methoxy groups -OCH3 is 1. The second-order valence-corrected chi connectivity index (χ2v) is 6.34. The SMILES string of the molecule is COc1ccc(-c2cc(C(=O)N[C@H]3CCCN(C)C3)nn2C)cc1. The van der Waals surface area contributed by atoms with Crippen LogP contribution in [0.1, 0.15) is 23.3 Å². The number of carbonyl (C=O) groups is 1. The van der Waals surface area contributed by atoms with Gasteiger partial charge in [-0.2, -0.15) is 5.10 Å². The number of likely N-dealkylation sites (tertiary alicyclic amines) is 1. The van der Waals surface area contributed by atoms with Gasteiger partial charge in [-0.15, -0.1) is 0 Å². The lowest BCUT2D eigenvalue weighted by molar-refractivity contribution is 0.0906. The Kier molecular flexibility index (Phi) is 4.85. The lowest BCUT2D eigenvalue weighted by Crippen LogP contribution is -2.46. The molecule has 1 amide bonds. The summed E-state index contributed by atoms with van der Waals surface area (Å²) in [7, 11) is 5.58. The van der Waals surface area contributed by atoms with Crippen molar-refractivity contribution >= 4 is 5.91 Å². The normalized spacial score (nSPS) is 18.4. The maximum absolute atomic E-state index is 12.5. The molecule has 128 valence electrons. The van der Waals surface area contributed by atoms with Crippen molar-refractivity contribution in [2.75, 3.05) is 27.2 Å². The lowest BCUT2D eigenvalue weighted by Gasteiger charge is -2.29. The maximum Gasteiger partial charge on any atom is 0.272 e. The smallest absolute Gasteiger partial charge is 0.272 e. The van der Waals surface area contributed by atoms with E-state index < -0.39 is 0 Å². The molecule has 0 radical (unpaired) electrons. The van der Waals surface area contributed by atoms with Crippen molar-refractivity contribution in [2.24, 2.45) is 7.05 Å². The number of hydrogen-bond acceptors (Lipinski definition) is 4. The van der Waals surface area contributed by atoms with Gasteiger partial charge in [-0.3, -0.25) is 9.48 Å². The van der Waals surface area contributed by atoms with Crippen LogP contribution in [0, 0.1) is 0 Å². The van der Waals surface area contributed by atoms with E-state index in [1.165, 1.54) is 0 Å². The number of aryl methyl sites for hydroxylation is 1. The Labute approximate surface area is 142 Å². The van der Waals surface area contributed by atoms with E-state index in [2.05, 4.69) is 22.4 Å². The van der Waals surface area contributed by atoms with Crippen LogP contribution in [-0.2, 0) is 7.05 Å². The fourth-order valence-electron chi connectivity index (χ4n) is 3.15. The van der Waals surface area contributed by atoms with Crippen LogP contribution in [0.15, 0.2) is 30.3 Å². The predicted octanol–water partition coefficient (Wildman–Crippen LogP) is 1.92. The van der Waals surface area contributed by atoms with Crippen LogP contribution >= 0.6 is 0 Å². The van der Waals surface area contributed by atoms with Gasteiger partial charge in [-0.25, -0.2) is 0 Å². The third-order valence-electron chi connectivity index (χ3n) is 4.46. The molecule has 0 aliphatic carbocycles. The Morgan fingerprint density at radius 2 is 2.04 bits per heavy atom. The molecule has 2 aromatic rings. The third kappa shape index (κ3) is 3.59. The fourth-order valence-corrected chi connectivity index (χ4v) is 3.15. The third-order valence-corrected chi connectivity index (χ3v) is 4.46. The first-order valence-electron chi connectivity index (χ1n) is 8.24. The monoisotopic (exact) mass is 328 g/mol. The number of ether oxygens (including phenoxy) is 1. The van der Waals surface area contributed by atoms with Crippen molar-refractivity contribution in [1.29, 1.82) is 0 Å². The Hall–Kier alpha value is -2.34. The van der Waals surface area contributed by atoms with Gasteiger partial charge in [0.1, 0.15) is 5.75 Å². The highest BCUT2D eigenvalue weighted by atomic mass is 16.5. The van der Waals surface area contributed by atoms with Crippen LogP contribution in [0.3, 0.4) is 0 Å². The number of benzene rings is 1. The first kappa shape index (κ1) is 16.5. The average molecular weight is 328 g/mol. The van der Waals surface area contributed by atoms with Crippen molar-refractivity contribution in [3.05, 3.63) is 36.0 Å². The first-order chi connectivity index (χ1) is 11.6. The molecule has 6 heteroatoms. The van der Waals surface area contributed by atoms with Crippen LogP contribution in [0.25, 0.3) is 11.3 Å². The van der Waals surface area contributed by atoms with Gasteiger partial charge in [0.15, 0.2) is 5.69 Å². The summed E-state index contributed by atoms with van der Waals surface area (Å²) in [5, 5.41) is 7.47. The number of amides is 1. The number of piperidine rings is 1. The Morgan fingerprint density at radius 3 is 2.71 bits per heavy atom. The van der Waals surface area contributed by atoms with Gasteiger partial charge in [0, 0.05) is 25.2 Å². The summed E-state index contributed by atoms with van der Waals surface area (Å²) >= 11 is 0. The van der Waals surface area contributed by atoms with E-state index in [9.17, 15) is 4.79 Å². The number of aromatic nitrogens is 2. The minimum atomic E-state index is -0.106. The zero-order chi connectivity index (χ0) is 17.1. The summed E-state index contributed by atoms with van der Waals surface area (Å²) in [6.07, 6.45) is 2.13. The van der Waals surface area contributed by atoms with Crippen molar-refractivity contribution in [3.63, 3.8) is 0 Å². The number of carbonyl (C=O) groups excluding carboxylic acids is 1. The molecule has 1 aromatic heterocycles. The second kappa shape index (κ2) is 7.05. The molecule has 0 spiro atoms. The summed E-state index contributed by atoms with van der Waals surface area (Å²) < 4.78 is 6.92. The van der Waals surface area contributed by atoms with E-state index in [1.807, 2.05) is 37.4 Å². The predicted molar refractivity (Wildman–Crippen MR) is 93.2 cm³/mol. The molecule has 1 aliphatic heterocycles. The Morgan fingerprint density at radius 1 is 1.29 bits per heavy atom. The van der Waals surface area contributed by atoms with Crippen LogP contribution in [-0.4, -0.2) is 53.9 Å². The highest BCUT2D eigenvalue weighted by molar-refractivity contribution is 5.93. The van der Waals surface area contributed by atoms with Crippen molar-refractivity contribution in [2.45, 2.75) is 18.9 Å². The Balaban J connectivity index is 1.73. The maximum atomic E-state index is 12.5. The van der Waals surface area contributed by atoms with E-state index in [0.29, 0.717) is 5.69 Å². The molecule has 1 N–H and O–H groups in total. The van der Waals surface area contributed by atoms with Gasteiger partial charge in [-0.05, 0) is 56.8 Å². The molecule has 24 heavy (non-hydrogen) atoms. The van der Waals surface area contributed by atoms with Gasteiger partial charge in [-0.1, -0.05) is 0 Å². The number of hydrogen-bond donors (Lipinski definition) is 1. The molecule has 0 saturated carbocycles. The molecule has 1 saturated heterocycles. The van der Waals surface area contributed by atoms with Gasteiger partial charge >= 0.3 is 0 Å². The molecule has 1 fully saturated rings. The molecule has 0 unspecified atom stereocenters. The fraction of sp³-hybridized carbons (Fsp3) is 0.444. The lowest BCUT2D eigenvalue weighted by atomic mass is 10.1. The minimum absolute atomic E-state index is 0.106. The quantitative estimate of drug-likeness (QED) is 0.931. The molecular formula is C18H24N4O2. The van der Waals surface area contributed by atoms with Crippen LogP contribution < -0.4 is 10.1 Å². The topological polar surface area (TPSA) is 59.4 Å². The summed E-state index contributed by atoms with van der Waals surface area (Å²) in [6, 6.07) is 9.77. The van der Waals surface area contributed by atoms with E-state index >= 15 is 0 Å². The molecule has 1 aromatic carbocycles. The molecule has 1 aliphatic rings. The van der Waals surface area contributed by atoms with E-state index in [-0.39, 0.29) is 11.9 Å². The highest BCUT2D eigenvalue weighted by Crippen LogP contribution is 2.23. The van der Waals surface area contributed by atoms with Gasteiger partial charge < -0.3 is 15.0 Å². The standard InChI is InChI=1S/C18H24N4O2/c1-21-10-4-5-14(12-21)19-18(23)16-11-17(22(2)20-16)13-6-8-15(24-3)9-7-13/h6-9,11,14H,4-5,10,12H2,1-3H3,(H,19,23)/t14-/m0/s1. The molecule has 2 heterocycles. The van der Waals surface area contributed by atoms with Gasteiger partial charge in [0.05, 0.1) is 12.8 Å². The number of rotatable bonds is 4. The summed E-state index contributed by atoms with van der Waals surface area (Å²) in [5.41, 5.74) is 2.36. The summed E-state index contributed by atoms with van der Waals surface area (Å²) in [4.78, 5) is 14.7. The van der Waals surface area contributed by atoms with Crippen LogP contribution in [0.5, 0.6) is 5.75 Å². The van der Waals surface area contributed by atoms with Gasteiger partial charge in [0.2, 0.25) is 0 Å². The van der Waals surface area contributed by atoms with Gasteiger partial charge in [0.25, 0.3) is 5.91 Å². The number of nitrogens with zero attached hydrogens (tertiary/aromatic N) is 3. The highest BCUT2D eigenvalue weighted by Gasteiger charge is 2.21. The summed E-state index contributed by atoms with van der Waals surface area (Å²) in [5.74, 6) is 0.700. The number of nitrogens with one attached hydrogen (secondary N) is 1. The summed E-state index contributed by atoms with van der Waals surface area (Å²) in [6.45, 7) is 1.99. The second-order valence-electron chi connectivity index (χ2n) is 6.34. The molecule has 6 nitrogen and oxygen atoms in total. The van der Waals surface area contributed by atoms with Crippen LogP contribution in [0.4, 0.5) is 0 Å². The Bertz CT molecular complexity index is 708. The molecule has 3 rings (SSSR count). The van der Waals surface area contributed by atoms with Crippen LogP contribution in [0.2, 0.25) is 0 Å².